The van der Waals surface area contributed by atoms with Gasteiger partial charge in [0.25, 0.3) is 0 Å². The van der Waals surface area contributed by atoms with Crippen LogP contribution >= 0.6 is 0 Å². The van der Waals surface area contributed by atoms with E-state index in [9.17, 15) is 8.42 Å². The Hall–Kier alpha value is -1.42. The minimum absolute atomic E-state index is 0.0130. The van der Waals surface area contributed by atoms with Crippen LogP contribution in [0.15, 0.2) is 24.3 Å². The third kappa shape index (κ3) is 3.57. The molecule has 1 aliphatic heterocycles. The number of sulfonamides is 1. The molecule has 6 heteroatoms. The number of nitrogens with zero attached hydrogens (tertiary/aromatic N) is 2. The summed E-state index contributed by atoms with van der Waals surface area (Å²) < 4.78 is 31.4. The smallest absolute Gasteiger partial charge is 0.218 e. The van der Waals surface area contributed by atoms with Crippen molar-refractivity contribution in [3.05, 3.63) is 35.4 Å². The summed E-state index contributed by atoms with van der Waals surface area (Å²) in [5.74, 6) is -0.153. The maximum absolute atomic E-state index is 12.3. The molecule has 20 heavy (non-hydrogen) atoms. The average molecular weight is 294 g/mol. The number of hydrogen-bond acceptors (Lipinski definition) is 4. The summed E-state index contributed by atoms with van der Waals surface area (Å²) in [5, 5.41) is 9.01. The fourth-order valence-corrected chi connectivity index (χ4v) is 3.51. The van der Waals surface area contributed by atoms with Crippen molar-refractivity contribution in [3.63, 3.8) is 0 Å². The van der Waals surface area contributed by atoms with Crippen molar-refractivity contribution >= 4 is 10.0 Å². The van der Waals surface area contributed by atoms with E-state index in [-0.39, 0.29) is 11.9 Å². The van der Waals surface area contributed by atoms with Crippen molar-refractivity contribution in [2.75, 3.05) is 20.2 Å². The predicted molar refractivity (Wildman–Crippen MR) is 75.4 cm³/mol. The van der Waals surface area contributed by atoms with E-state index in [0.29, 0.717) is 24.3 Å². The first-order chi connectivity index (χ1) is 9.53. The van der Waals surface area contributed by atoms with E-state index in [4.69, 9.17) is 10.00 Å². The molecule has 5 nitrogen and oxygen atoms in total. The summed E-state index contributed by atoms with van der Waals surface area (Å²) in [4.78, 5) is 0. The SMILES string of the molecule is CN(CC1CCCO1)S(=O)(=O)Cc1ccccc1C#N. The van der Waals surface area contributed by atoms with Crippen LogP contribution in [0.25, 0.3) is 0 Å². The van der Waals surface area contributed by atoms with Crippen molar-refractivity contribution in [1.82, 2.24) is 4.31 Å². The lowest BCUT2D eigenvalue weighted by atomic mass is 10.1. The lowest BCUT2D eigenvalue weighted by Gasteiger charge is -2.20. The van der Waals surface area contributed by atoms with Crippen LogP contribution in [0.3, 0.4) is 0 Å². The molecule has 1 aromatic carbocycles. The Bertz CT molecular complexity index is 601. The summed E-state index contributed by atoms with van der Waals surface area (Å²) in [6, 6.07) is 8.80. The van der Waals surface area contributed by atoms with Crippen LogP contribution in [0.2, 0.25) is 0 Å². The van der Waals surface area contributed by atoms with Crippen LogP contribution in [0, 0.1) is 11.3 Å². The number of likely N-dealkylation sites (N-methyl/N-ethyl adjacent to an activating group) is 1. The summed E-state index contributed by atoms with van der Waals surface area (Å²) in [7, 11) is -1.87. The van der Waals surface area contributed by atoms with Gasteiger partial charge in [-0.1, -0.05) is 18.2 Å². The van der Waals surface area contributed by atoms with Gasteiger partial charge in [0.15, 0.2) is 0 Å². The average Bonchev–Trinajstić information content (AvgIpc) is 2.92. The van der Waals surface area contributed by atoms with Gasteiger partial charge in [-0.3, -0.25) is 0 Å². The van der Waals surface area contributed by atoms with Gasteiger partial charge in [-0.05, 0) is 24.5 Å². The molecule has 0 aliphatic carbocycles. The second kappa shape index (κ2) is 6.35. The normalized spacial score (nSPS) is 19.1. The van der Waals surface area contributed by atoms with Crippen molar-refractivity contribution in [1.29, 1.82) is 5.26 Å². The molecule has 1 atom stereocenters. The predicted octanol–water partition coefficient (Wildman–Crippen LogP) is 1.50. The summed E-state index contributed by atoms with van der Waals surface area (Å²) >= 11 is 0. The van der Waals surface area contributed by atoms with Crippen LogP contribution in [0.4, 0.5) is 0 Å². The second-order valence-electron chi connectivity index (χ2n) is 4.94. The number of ether oxygens (including phenoxy) is 1. The molecule has 0 radical (unpaired) electrons. The number of rotatable bonds is 5. The molecule has 0 aromatic heterocycles. The summed E-state index contributed by atoms with van der Waals surface area (Å²) in [6.45, 7) is 1.08. The van der Waals surface area contributed by atoms with Crippen LogP contribution in [0.5, 0.6) is 0 Å². The van der Waals surface area contributed by atoms with Crippen LogP contribution < -0.4 is 0 Å². The van der Waals surface area contributed by atoms with Crippen LogP contribution in [-0.2, 0) is 20.5 Å². The molecule has 1 unspecified atom stereocenters. The fourth-order valence-electron chi connectivity index (χ4n) is 2.25. The van der Waals surface area contributed by atoms with Crippen LogP contribution in [-0.4, -0.2) is 39.0 Å². The molecular weight excluding hydrogens is 276 g/mol. The molecule has 1 heterocycles. The van der Waals surface area contributed by atoms with Crippen molar-refractivity contribution in [2.45, 2.75) is 24.7 Å². The van der Waals surface area contributed by atoms with E-state index in [1.165, 1.54) is 4.31 Å². The Morgan fingerprint density at radius 1 is 1.45 bits per heavy atom. The topological polar surface area (TPSA) is 70.4 Å². The van der Waals surface area contributed by atoms with Crippen molar-refractivity contribution in [3.8, 4) is 6.07 Å². The molecule has 0 saturated carbocycles. The van der Waals surface area contributed by atoms with Gasteiger partial charge < -0.3 is 4.74 Å². The monoisotopic (exact) mass is 294 g/mol. The van der Waals surface area contributed by atoms with Gasteiger partial charge in [-0.2, -0.15) is 5.26 Å². The first-order valence-electron chi connectivity index (χ1n) is 6.56. The summed E-state index contributed by atoms with van der Waals surface area (Å²) in [5.41, 5.74) is 0.941. The largest absolute Gasteiger partial charge is 0.377 e. The maximum atomic E-state index is 12.3. The Morgan fingerprint density at radius 3 is 2.85 bits per heavy atom. The van der Waals surface area contributed by atoms with E-state index in [0.717, 1.165) is 12.8 Å². The van der Waals surface area contributed by atoms with Crippen LogP contribution in [0.1, 0.15) is 24.0 Å². The third-order valence-corrected chi connectivity index (χ3v) is 5.21. The first-order valence-corrected chi connectivity index (χ1v) is 8.17. The number of nitriles is 1. The van der Waals surface area contributed by atoms with Gasteiger partial charge in [0.1, 0.15) is 0 Å². The molecule has 0 amide bonds. The maximum Gasteiger partial charge on any atom is 0.218 e. The minimum Gasteiger partial charge on any atom is -0.377 e. The van der Waals surface area contributed by atoms with E-state index in [2.05, 4.69) is 0 Å². The van der Waals surface area contributed by atoms with E-state index in [1.807, 2.05) is 6.07 Å². The van der Waals surface area contributed by atoms with E-state index in [1.54, 1.807) is 31.3 Å². The lowest BCUT2D eigenvalue weighted by molar-refractivity contribution is 0.0978. The zero-order valence-electron chi connectivity index (χ0n) is 11.4. The molecule has 1 fully saturated rings. The molecule has 0 N–H and O–H groups in total. The minimum atomic E-state index is -3.43. The lowest BCUT2D eigenvalue weighted by Crippen LogP contribution is -2.35. The Morgan fingerprint density at radius 2 is 2.20 bits per heavy atom. The second-order valence-corrected chi connectivity index (χ2v) is 7.02. The van der Waals surface area contributed by atoms with E-state index >= 15 is 0 Å². The van der Waals surface area contributed by atoms with Gasteiger partial charge in [-0.25, -0.2) is 12.7 Å². The Balaban J connectivity index is 2.08. The van der Waals surface area contributed by atoms with Crippen molar-refractivity contribution in [2.24, 2.45) is 0 Å². The Kier molecular flexibility index (Phi) is 4.76. The third-order valence-electron chi connectivity index (χ3n) is 3.44. The molecule has 1 aromatic rings. The molecule has 108 valence electrons. The molecule has 1 aliphatic rings. The van der Waals surface area contributed by atoms with Gasteiger partial charge in [0.05, 0.1) is 23.5 Å². The van der Waals surface area contributed by atoms with E-state index < -0.39 is 10.0 Å². The quantitative estimate of drug-likeness (QED) is 0.825. The molecule has 1 saturated heterocycles. The zero-order valence-corrected chi connectivity index (χ0v) is 12.3. The molecular formula is C14H18N2O3S. The van der Waals surface area contributed by atoms with Gasteiger partial charge in [0.2, 0.25) is 10.0 Å². The molecule has 0 spiro atoms. The van der Waals surface area contributed by atoms with Crippen molar-refractivity contribution < 1.29 is 13.2 Å². The summed E-state index contributed by atoms with van der Waals surface area (Å²) in [6.07, 6.45) is 1.87. The van der Waals surface area contributed by atoms with Gasteiger partial charge in [-0.15, -0.1) is 0 Å². The standard InChI is InChI=1S/C14H18N2O3S/c1-16(10-14-7-4-8-19-14)20(17,18)11-13-6-3-2-5-12(13)9-15/h2-3,5-6,14H,4,7-8,10-11H2,1H3. The highest BCUT2D eigenvalue weighted by molar-refractivity contribution is 7.88. The highest BCUT2D eigenvalue weighted by Crippen LogP contribution is 2.17. The number of hydrogen-bond donors (Lipinski definition) is 0. The highest BCUT2D eigenvalue weighted by atomic mass is 32.2. The first kappa shape index (κ1) is 15.0. The fraction of sp³-hybridized carbons (Fsp3) is 0.500. The zero-order chi connectivity index (χ0) is 14.6. The molecule has 0 bridgehead atoms. The van der Waals surface area contributed by atoms with Gasteiger partial charge in [0, 0.05) is 20.2 Å². The molecule has 2 rings (SSSR count). The number of benzene rings is 1. The Labute approximate surface area is 119 Å². The van der Waals surface area contributed by atoms with Gasteiger partial charge >= 0.3 is 0 Å². The highest BCUT2D eigenvalue weighted by Gasteiger charge is 2.25.